The molecule has 1 unspecified atom stereocenters. The van der Waals surface area contributed by atoms with Gasteiger partial charge in [-0.25, -0.2) is 0 Å². The highest BCUT2D eigenvalue weighted by atomic mass is 16.5. The van der Waals surface area contributed by atoms with Crippen LogP contribution in [0.2, 0.25) is 0 Å². The Morgan fingerprint density at radius 2 is 2.00 bits per heavy atom. The van der Waals surface area contributed by atoms with Crippen LogP contribution in [0.5, 0.6) is 5.75 Å². The van der Waals surface area contributed by atoms with E-state index in [1.165, 1.54) is 0 Å². The summed E-state index contributed by atoms with van der Waals surface area (Å²) in [7, 11) is 1.90. The van der Waals surface area contributed by atoms with Crippen LogP contribution in [-0.4, -0.2) is 36.6 Å². The molecule has 0 amide bonds. The number of aliphatic hydroxyl groups excluding tert-OH is 1. The molecule has 0 radical (unpaired) electrons. The van der Waals surface area contributed by atoms with Gasteiger partial charge in [0.1, 0.15) is 29.8 Å². The predicted octanol–water partition coefficient (Wildman–Crippen LogP) is 2.17. The van der Waals surface area contributed by atoms with Crippen molar-refractivity contribution in [1.29, 1.82) is 0 Å². The maximum absolute atomic E-state index is 10.0. The van der Waals surface area contributed by atoms with Crippen LogP contribution in [0.25, 0.3) is 0 Å². The van der Waals surface area contributed by atoms with Gasteiger partial charge in [-0.15, -0.1) is 0 Å². The van der Waals surface area contributed by atoms with Gasteiger partial charge in [0.15, 0.2) is 5.76 Å². The number of ether oxygens (including phenoxy) is 1. The molecule has 0 aliphatic rings. The van der Waals surface area contributed by atoms with E-state index in [1.54, 1.807) is 0 Å². The molecule has 1 heterocycles. The Balaban J connectivity index is 1.87. The number of para-hydroxylation sites is 1. The first-order valence-electron chi connectivity index (χ1n) is 6.58. The van der Waals surface area contributed by atoms with Crippen molar-refractivity contribution in [3.63, 3.8) is 0 Å². The summed E-state index contributed by atoms with van der Waals surface area (Å²) in [6, 6.07) is 9.46. The topological polar surface area (TPSA) is 58.7 Å². The van der Waals surface area contributed by atoms with Crippen molar-refractivity contribution in [2.24, 2.45) is 0 Å². The smallest absolute Gasteiger partial charge is 0.157 e. The average molecular weight is 276 g/mol. The Morgan fingerprint density at radius 1 is 1.30 bits per heavy atom. The molecule has 1 aromatic carbocycles. The number of aliphatic hydroxyl groups is 1. The Labute approximate surface area is 118 Å². The molecule has 0 spiro atoms. The first kappa shape index (κ1) is 14.4. The van der Waals surface area contributed by atoms with Crippen molar-refractivity contribution in [1.82, 2.24) is 5.16 Å². The number of anilines is 1. The molecule has 0 aliphatic heterocycles. The standard InChI is InChI=1S/C15H20N2O3/c1-11-15(12(2)20-16-11)17(3)9-13(18)10-19-14-7-5-4-6-8-14/h4-8,13,18H,9-10H2,1-3H3. The monoisotopic (exact) mass is 276 g/mol. The van der Waals surface area contributed by atoms with Gasteiger partial charge in [0.25, 0.3) is 0 Å². The number of hydrogen-bond acceptors (Lipinski definition) is 5. The van der Waals surface area contributed by atoms with Crippen LogP contribution < -0.4 is 9.64 Å². The molecule has 0 saturated heterocycles. The summed E-state index contributed by atoms with van der Waals surface area (Å²) >= 11 is 0. The Hall–Kier alpha value is -2.01. The molecule has 5 nitrogen and oxygen atoms in total. The fourth-order valence-corrected chi connectivity index (χ4v) is 2.19. The fraction of sp³-hybridized carbons (Fsp3) is 0.400. The summed E-state index contributed by atoms with van der Waals surface area (Å²) in [6.45, 7) is 4.45. The first-order chi connectivity index (χ1) is 9.58. The van der Waals surface area contributed by atoms with Crippen molar-refractivity contribution < 1.29 is 14.4 Å². The number of likely N-dealkylation sites (N-methyl/N-ethyl adjacent to an activating group) is 1. The highest BCUT2D eigenvalue weighted by Crippen LogP contribution is 2.22. The highest BCUT2D eigenvalue weighted by molar-refractivity contribution is 5.52. The minimum Gasteiger partial charge on any atom is -0.491 e. The van der Waals surface area contributed by atoms with E-state index in [1.807, 2.05) is 56.1 Å². The molecular formula is C15H20N2O3. The summed E-state index contributed by atoms with van der Waals surface area (Å²) in [4.78, 5) is 1.93. The van der Waals surface area contributed by atoms with E-state index >= 15 is 0 Å². The van der Waals surface area contributed by atoms with Gasteiger partial charge in [0, 0.05) is 13.6 Å². The number of aryl methyl sites for hydroxylation is 2. The van der Waals surface area contributed by atoms with E-state index in [0.717, 1.165) is 22.9 Å². The molecule has 2 rings (SSSR count). The van der Waals surface area contributed by atoms with E-state index in [9.17, 15) is 5.11 Å². The Kier molecular flexibility index (Phi) is 4.63. The van der Waals surface area contributed by atoms with Crippen molar-refractivity contribution in [3.05, 3.63) is 41.8 Å². The van der Waals surface area contributed by atoms with Gasteiger partial charge in [0.2, 0.25) is 0 Å². The molecule has 0 saturated carbocycles. The van der Waals surface area contributed by atoms with Gasteiger partial charge < -0.3 is 19.3 Å². The van der Waals surface area contributed by atoms with Crippen molar-refractivity contribution in [2.75, 3.05) is 25.1 Å². The lowest BCUT2D eigenvalue weighted by Gasteiger charge is -2.22. The Bertz CT molecular complexity index is 520. The van der Waals surface area contributed by atoms with Crippen LogP contribution >= 0.6 is 0 Å². The van der Waals surface area contributed by atoms with Gasteiger partial charge in [0.05, 0.1) is 0 Å². The van der Waals surface area contributed by atoms with E-state index in [-0.39, 0.29) is 6.61 Å². The number of rotatable bonds is 6. The lowest BCUT2D eigenvalue weighted by molar-refractivity contribution is 0.113. The maximum atomic E-state index is 10.0. The minimum atomic E-state index is -0.589. The zero-order chi connectivity index (χ0) is 14.5. The van der Waals surface area contributed by atoms with Crippen LogP contribution in [0.4, 0.5) is 5.69 Å². The molecule has 2 aromatic rings. The first-order valence-corrected chi connectivity index (χ1v) is 6.58. The summed E-state index contributed by atoms with van der Waals surface area (Å²) in [5.74, 6) is 1.51. The zero-order valence-electron chi connectivity index (χ0n) is 12.0. The number of nitrogens with zero attached hydrogens (tertiary/aromatic N) is 2. The van der Waals surface area contributed by atoms with Crippen LogP contribution in [0, 0.1) is 13.8 Å². The average Bonchev–Trinajstić information content (AvgIpc) is 2.77. The normalized spacial score (nSPS) is 12.2. The zero-order valence-corrected chi connectivity index (χ0v) is 12.0. The second-order valence-corrected chi connectivity index (χ2v) is 4.83. The van der Waals surface area contributed by atoms with Gasteiger partial charge in [-0.3, -0.25) is 0 Å². The minimum absolute atomic E-state index is 0.248. The summed E-state index contributed by atoms with van der Waals surface area (Å²) in [6.07, 6.45) is -0.589. The van der Waals surface area contributed by atoms with Crippen molar-refractivity contribution in [2.45, 2.75) is 20.0 Å². The van der Waals surface area contributed by atoms with Crippen molar-refractivity contribution in [3.8, 4) is 5.75 Å². The van der Waals surface area contributed by atoms with Crippen molar-refractivity contribution >= 4 is 5.69 Å². The molecule has 1 N–H and O–H groups in total. The number of aromatic nitrogens is 1. The third kappa shape index (κ3) is 3.51. The van der Waals surface area contributed by atoms with Gasteiger partial charge >= 0.3 is 0 Å². The summed E-state index contributed by atoms with van der Waals surface area (Å²) < 4.78 is 10.7. The van der Waals surface area contributed by atoms with E-state index < -0.39 is 6.10 Å². The van der Waals surface area contributed by atoms with Crippen LogP contribution in [0.3, 0.4) is 0 Å². The highest BCUT2D eigenvalue weighted by Gasteiger charge is 2.16. The third-order valence-electron chi connectivity index (χ3n) is 3.05. The van der Waals surface area contributed by atoms with Gasteiger partial charge in [-0.05, 0) is 26.0 Å². The largest absolute Gasteiger partial charge is 0.491 e. The number of hydrogen-bond donors (Lipinski definition) is 1. The summed E-state index contributed by atoms with van der Waals surface area (Å²) in [5, 5.41) is 14.0. The second kappa shape index (κ2) is 6.43. The van der Waals surface area contributed by atoms with Crippen LogP contribution in [0.1, 0.15) is 11.5 Å². The SMILES string of the molecule is Cc1noc(C)c1N(C)CC(O)COc1ccccc1. The molecular weight excluding hydrogens is 256 g/mol. The van der Waals surface area contributed by atoms with Gasteiger partial charge in [-0.1, -0.05) is 23.4 Å². The molecule has 0 fully saturated rings. The Morgan fingerprint density at radius 3 is 2.60 bits per heavy atom. The number of benzene rings is 1. The summed E-state index contributed by atoms with van der Waals surface area (Å²) in [5.41, 5.74) is 1.74. The second-order valence-electron chi connectivity index (χ2n) is 4.83. The lowest BCUT2D eigenvalue weighted by atomic mass is 10.2. The predicted molar refractivity (Wildman–Crippen MR) is 77.2 cm³/mol. The molecule has 20 heavy (non-hydrogen) atoms. The molecule has 1 atom stereocenters. The molecule has 5 heteroatoms. The van der Waals surface area contributed by atoms with E-state index in [4.69, 9.17) is 9.26 Å². The quantitative estimate of drug-likeness (QED) is 0.876. The maximum Gasteiger partial charge on any atom is 0.157 e. The molecule has 1 aromatic heterocycles. The lowest BCUT2D eigenvalue weighted by Crippen LogP contribution is -2.33. The van der Waals surface area contributed by atoms with Crippen LogP contribution in [-0.2, 0) is 0 Å². The fourth-order valence-electron chi connectivity index (χ4n) is 2.19. The van der Waals surface area contributed by atoms with Crippen LogP contribution in [0.15, 0.2) is 34.9 Å². The molecule has 0 aliphatic carbocycles. The third-order valence-corrected chi connectivity index (χ3v) is 3.05. The van der Waals surface area contributed by atoms with E-state index in [0.29, 0.717) is 6.54 Å². The van der Waals surface area contributed by atoms with E-state index in [2.05, 4.69) is 5.16 Å². The van der Waals surface area contributed by atoms with Gasteiger partial charge in [-0.2, -0.15) is 0 Å². The molecule has 108 valence electrons. The molecule has 0 bridgehead atoms.